The predicted octanol–water partition coefficient (Wildman–Crippen LogP) is 4.01. The van der Waals surface area contributed by atoms with Gasteiger partial charge in [0, 0.05) is 25.5 Å². The second-order valence-corrected chi connectivity index (χ2v) is 10.9. The highest BCUT2D eigenvalue weighted by atomic mass is 19.1. The van der Waals surface area contributed by atoms with Crippen LogP contribution in [0.1, 0.15) is 62.3 Å². The number of halogens is 2. The zero-order chi connectivity index (χ0) is 32.8. The molecule has 2 heterocycles. The fourth-order valence-electron chi connectivity index (χ4n) is 2.91. The first-order chi connectivity index (χ1) is 20.0. The number of rotatable bonds is 10. The minimum Gasteiger partial charge on any atom is -0.478 e. The number of carboxylic acid groups (broad SMARTS) is 1. The SMILES string of the molecule is CC(C)(C)OC(=O)NC/C(=C\F)Cn1cc(C(=O)O)cn1.COC(=O)c1cnn(C/C(=C/F)CNC(=O)OC(C)(C)C)c1. The third kappa shape index (κ3) is 15.2. The summed E-state index contributed by atoms with van der Waals surface area (Å²) in [4.78, 5) is 44.9. The van der Waals surface area contributed by atoms with E-state index in [1.807, 2.05) is 0 Å². The number of esters is 1. The molecule has 2 aromatic heterocycles. The van der Waals surface area contributed by atoms with Crippen molar-refractivity contribution in [3.8, 4) is 0 Å². The molecule has 238 valence electrons. The van der Waals surface area contributed by atoms with Gasteiger partial charge in [-0.25, -0.2) is 28.0 Å². The van der Waals surface area contributed by atoms with Crippen molar-refractivity contribution in [1.82, 2.24) is 30.2 Å². The molecule has 0 saturated heterocycles. The topological polar surface area (TPSA) is 176 Å². The van der Waals surface area contributed by atoms with Crippen molar-refractivity contribution in [2.45, 2.75) is 65.8 Å². The number of carbonyl (C=O) groups excluding carboxylic acids is 3. The van der Waals surface area contributed by atoms with Gasteiger partial charge in [-0.15, -0.1) is 0 Å². The molecule has 0 atom stereocenters. The molecule has 2 amide bonds. The third-order valence-corrected chi connectivity index (χ3v) is 4.69. The Bertz CT molecular complexity index is 1310. The summed E-state index contributed by atoms with van der Waals surface area (Å²) in [5, 5.41) is 21.3. The zero-order valence-electron chi connectivity index (χ0n) is 25.1. The van der Waals surface area contributed by atoms with Crippen molar-refractivity contribution in [2.24, 2.45) is 0 Å². The van der Waals surface area contributed by atoms with Gasteiger partial charge in [0.1, 0.15) is 11.2 Å². The molecular formula is C27H38F2N6O8. The zero-order valence-corrected chi connectivity index (χ0v) is 25.1. The summed E-state index contributed by atoms with van der Waals surface area (Å²) < 4.78 is 42.9. The molecule has 2 rings (SSSR count). The van der Waals surface area contributed by atoms with Gasteiger partial charge in [0.2, 0.25) is 0 Å². The van der Waals surface area contributed by atoms with E-state index in [1.54, 1.807) is 41.5 Å². The Labute approximate surface area is 247 Å². The van der Waals surface area contributed by atoms with Crippen LogP contribution in [0.5, 0.6) is 0 Å². The largest absolute Gasteiger partial charge is 0.478 e. The van der Waals surface area contributed by atoms with Crippen LogP contribution in [0.2, 0.25) is 0 Å². The summed E-state index contributed by atoms with van der Waals surface area (Å²) in [7, 11) is 1.26. The summed E-state index contributed by atoms with van der Waals surface area (Å²) in [5.41, 5.74) is -0.497. The predicted molar refractivity (Wildman–Crippen MR) is 150 cm³/mol. The minimum atomic E-state index is -1.11. The lowest BCUT2D eigenvalue weighted by atomic mass is 10.2. The van der Waals surface area contributed by atoms with Crippen molar-refractivity contribution < 1.29 is 47.3 Å². The lowest BCUT2D eigenvalue weighted by Crippen LogP contribution is -2.34. The summed E-state index contributed by atoms with van der Waals surface area (Å²) >= 11 is 0. The molecule has 14 nitrogen and oxygen atoms in total. The van der Waals surface area contributed by atoms with Gasteiger partial charge in [-0.2, -0.15) is 10.2 Å². The molecule has 0 unspecified atom stereocenters. The first-order valence-electron chi connectivity index (χ1n) is 12.8. The average Bonchev–Trinajstić information content (AvgIpc) is 3.57. The number of alkyl carbamates (subject to hydrolysis) is 2. The van der Waals surface area contributed by atoms with Gasteiger partial charge >= 0.3 is 24.1 Å². The van der Waals surface area contributed by atoms with E-state index in [1.165, 1.54) is 41.3 Å². The Morgan fingerprint density at radius 1 is 0.814 bits per heavy atom. The smallest absolute Gasteiger partial charge is 0.407 e. The van der Waals surface area contributed by atoms with Crippen LogP contribution in [0.3, 0.4) is 0 Å². The summed E-state index contributed by atoms with van der Waals surface area (Å²) in [6, 6.07) is 0. The Kier molecular flexibility index (Phi) is 14.0. The van der Waals surface area contributed by atoms with E-state index < -0.39 is 35.3 Å². The second-order valence-electron chi connectivity index (χ2n) is 10.9. The lowest BCUT2D eigenvalue weighted by Gasteiger charge is -2.20. The van der Waals surface area contributed by atoms with E-state index in [9.17, 15) is 28.0 Å². The van der Waals surface area contributed by atoms with Crippen molar-refractivity contribution in [2.75, 3.05) is 20.2 Å². The fraction of sp³-hybridized carbons (Fsp3) is 0.481. The number of nitrogens with one attached hydrogen (secondary N) is 2. The number of carbonyl (C=O) groups is 4. The molecule has 0 fully saturated rings. The first kappa shape index (κ1) is 36.3. The van der Waals surface area contributed by atoms with Gasteiger partial charge in [-0.1, -0.05) is 0 Å². The Morgan fingerprint density at radius 3 is 1.53 bits per heavy atom. The molecule has 0 radical (unpaired) electrons. The van der Waals surface area contributed by atoms with Crippen molar-refractivity contribution in [1.29, 1.82) is 0 Å². The van der Waals surface area contributed by atoms with Crippen LogP contribution in [0.4, 0.5) is 18.4 Å². The highest BCUT2D eigenvalue weighted by molar-refractivity contribution is 5.88. The molecule has 2 aromatic rings. The highest BCUT2D eigenvalue weighted by Gasteiger charge is 2.17. The number of aromatic carboxylic acids is 1. The van der Waals surface area contributed by atoms with Crippen LogP contribution in [-0.4, -0.2) is 80.2 Å². The van der Waals surface area contributed by atoms with E-state index in [0.717, 1.165) is 0 Å². The van der Waals surface area contributed by atoms with Gasteiger partial charge in [0.25, 0.3) is 0 Å². The first-order valence-corrected chi connectivity index (χ1v) is 12.8. The van der Waals surface area contributed by atoms with Crippen LogP contribution in [-0.2, 0) is 27.3 Å². The second kappa shape index (κ2) is 16.6. The minimum absolute atomic E-state index is 0.00769. The Balaban J connectivity index is 0.000000430. The molecule has 3 N–H and O–H groups in total. The highest BCUT2D eigenvalue weighted by Crippen LogP contribution is 2.09. The number of hydrogen-bond acceptors (Lipinski definition) is 9. The van der Waals surface area contributed by atoms with Gasteiger partial charge in [0.05, 0.1) is 56.4 Å². The maximum Gasteiger partial charge on any atom is 0.407 e. The summed E-state index contributed by atoms with van der Waals surface area (Å²) in [6.07, 6.45) is 4.64. The summed E-state index contributed by atoms with van der Waals surface area (Å²) in [6.45, 7) is 10.4. The maximum atomic E-state index is 12.9. The molecule has 0 aliphatic rings. The number of nitrogens with zero attached hydrogens (tertiary/aromatic N) is 4. The number of amides is 2. The van der Waals surface area contributed by atoms with Crippen molar-refractivity contribution in [3.05, 3.63) is 59.7 Å². The van der Waals surface area contributed by atoms with E-state index in [-0.39, 0.29) is 48.5 Å². The van der Waals surface area contributed by atoms with Gasteiger partial charge < -0.3 is 30.0 Å². The van der Waals surface area contributed by atoms with E-state index >= 15 is 0 Å². The van der Waals surface area contributed by atoms with E-state index in [4.69, 9.17) is 14.6 Å². The maximum absolute atomic E-state index is 12.9. The van der Waals surface area contributed by atoms with Crippen LogP contribution in [0, 0.1) is 0 Å². The van der Waals surface area contributed by atoms with Crippen LogP contribution in [0.25, 0.3) is 0 Å². The molecule has 0 aliphatic carbocycles. The quantitative estimate of drug-likeness (QED) is 0.263. The van der Waals surface area contributed by atoms with Crippen LogP contribution in [0.15, 0.2) is 48.6 Å². The van der Waals surface area contributed by atoms with Crippen LogP contribution >= 0.6 is 0 Å². The number of carboxylic acids is 1. The Hall–Kier alpha value is -4.76. The molecule has 0 saturated carbocycles. The Morgan fingerprint density at radius 2 is 1.21 bits per heavy atom. The van der Waals surface area contributed by atoms with Gasteiger partial charge in [-0.05, 0) is 52.7 Å². The van der Waals surface area contributed by atoms with Gasteiger partial charge in [0.15, 0.2) is 0 Å². The number of hydrogen-bond donors (Lipinski definition) is 3. The third-order valence-electron chi connectivity index (χ3n) is 4.69. The summed E-state index contributed by atoms with van der Waals surface area (Å²) in [5.74, 6) is -1.64. The molecule has 0 aromatic carbocycles. The number of aromatic nitrogens is 4. The fourth-order valence-corrected chi connectivity index (χ4v) is 2.91. The molecule has 0 aliphatic heterocycles. The monoisotopic (exact) mass is 612 g/mol. The molecule has 43 heavy (non-hydrogen) atoms. The number of methoxy groups -OCH3 is 1. The van der Waals surface area contributed by atoms with Crippen LogP contribution < -0.4 is 10.6 Å². The molecule has 0 bridgehead atoms. The molecule has 0 spiro atoms. The average molecular weight is 613 g/mol. The lowest BCUT2D eigenvalue weighted by molar-refractivity contribution is 0.0520. The number of ether oxygens (including phenoxy) is 3. The van der Waals surface area contributed by atoms with Crippen molar-refractivity contribution in [3.63, 3.8) is 0 Å². The van der Waals surface area contributed by atoms with Crippen molar-refractivity contribution >= 4 is 24.1 Å². The van der Waals surface area contributed by atoms with E-state index in [2.05, 4.69) is 25.6 Å². The normalized spacial score (nSPS) is 12.0. The molecular weight excluding hydrogens is 574 g/mol. The van der Waals surface area contributed by atoms with E-state index in [0.29, 0.717) is 12.7 Å². The standard InChI is InChI=1S/C14H20FN3O4.C13H18FN3O4/c1-14(2,3)22-13(20)16-6-10(5-15)8-18-9-11(7-17-18)12(19)21-4;1-13(2,3)21-12(20)15-5-9(4-14)7-17-8-10(6-16-17)11(18)19/h5,7,9H,6,8H2,1-4H3,(H,16,20);4,6,8H,5,7H2,1-3H3,(H,15,20)(H,18,19)/b10-5+;9-4+. The van der Waals surface area contributed by atoms with Gasteiger partial charge in [-0.3, -0.25) is 9.36 Å². The molecule has 16 heteroatoms.